The summed E-state index contributed by atoms with van der Waals surface area (Å²) in [5.41, 5.74) is 2.42. The third kappa shape index (κ3) is 4.64. The van der Waals surface area contributed by atoms with Crippen molar-refractivity contribution in [3.05, 3.63) is 58.7 Å². The zero-order chi connectivity index (χ0) is 18.6. The Kier molecular flexibility index (Phi) is 6.27. The molecule has 0 bridgehead atoms. The van der Waals surface area contributed by atoms with Crippen LogP contribution in [0.5, 0.6) is 5.75 Å². The minimum Gasteiger partial charge on any atom is -0.489 e. The highest BCUT2D eigenvalue weighted by atomic mass is 32.1. The van der Waals surface area contributed by atoms with Gasteiger partial charge in [-0.3, -0.25) is 5.21 Å². The molecule has 2 aromatic rings. The molecule has 0 aliphatic carbocycles. The number of ether oxygens (including phenoxy) is 2. The predicted octanol–water partition coefficient (Wildman–Crippen LogP) is 4.95. The highest BCUT2D eigenvalue weighted by molar-refractivity contribution is 7.80. The molecule has 0 aromatic heterocycles. The van der Waals surface area contributed by atoms with E-state index in [9.17, 15) is 14.0 Å². The van der Waals surface area contributed by atoms with Gasteiger partial charge in [0.05, 0.1) is 12.8 Å². The number of anilines is 1. The molecule has 0 heterocycles. The van der Waals surface area contributed by atoms with E-state index in [0.717, 1.165) is 17.2 Å². The Hall–Kier alpha value is -2.25. The molecule has 0 amide bonds. The Balaban J connectivity index is 2.30. The highest BCUT2D eigenvalue weighted by Crippen LogP contribution is 2.29. The second kappa shape index (κ2) is 8.22. The first-order valence-corrected chi connectivity index (χ1v) is 7.92. The maximum Gasteiger partial charge on any atom is 0.288 e. The molecule has 0 saturated heterocycles. The Morgan fingerprint density at radius 1 is 1.20 bits per heavy atom. The molecule has 0 radical (unpaired) electrons. The minimum atomic E-state index is -2.67. The summed E-state index contributed by atoms with van der Waals surface area (Å²) < 4.78 is 36.5. The summed E-state index contributed by atoms with van der Waals surface area (Å²) >= 11 is 4.87. The molecule has 134 valence electrons. The molecular formula is C18H19F2NO3S. The maximum atomic E-state index is 13.0. The SMILES string of the molecule is COC(=S)N(O)c1cc(C(F)F)ccc1COc1ccc(C)cc1C. The average Bonchev–Trinajstić information content (AvgIpc) is 2.59. The van der Waals surface area contributed by atoms with Crippen molar-refractivity contribution in [3.8, 4) is 5.75 Å². The lowest BCUT2D eigenvalue weighted by Crippen LogP contribution is -2.27. The van der Waals surface area contributed by atoms with Crippen LogP contribution in [0.4, 0.5) is 14.5 Å². The van der Waals surface area contributed by atoms with Crippen LogP contribution in [0.2, 0.25) is 0 Å². The molecule has 0 spiro atoms. The molecule has 4 nitrogen and oxygen atoms in total. The van der Waals surface area contributed by atoms with Crippen LogP contribution in [-0.4, -0.2) is 17.5 Å². The molecule has 0 aliphatic rings. The van der Waals surface area contributed by atoms with Crippen molar-refractivity contribution in [3.63, 3.8) is 0 Å². The van der Waals surface area contributed by atoms with Crippen LogP contribution in [0, 0.1) is 13.8 Å². The molecule has 1 N–H and O–H groups in total. The van der Waals surface area contributed by atoms with Crippen molar-refractivity contribution in [2.45, 2.75) is 26.9 Å². The summed E-state index contributed by atoms with van der Waals surface area (Å²) in [6.45, 7) is 3.97. The Morgan fingerprint density at radius 3 is 2.52 bits per heavy atom. The third-order valence-corrected chi connectivity index (χ3v) is 3.99. The summed E-state index contributed by atoms with van der Waals surface area (Å²) in [4.78, 5) is 0. The van der Waals surface area contributed by atoms with Crippen LogP contribution in [0.3, 0.4) is 0 Å². The van der Waals surface area contributed by atoms with Gasteiger partial charge < -0.3 is 9.47 Å². The molecule has 2 aromatic carbocycles. The fourth-order valence-corrected chi connectivity index (χ4v) is 2.44. The van der Waals surface area contributed by atoms with E-state index in [1.54, 1.807) is 0 Å². The summed E-state index contributed by atoms with van der Waals surface area (Å²) in [5, 5.41) is 10.4. The van der Waals surface area contributed by atoms with Crippen molar-refractivity contribution in [2.75, 3.05) is 12.2 Å². The van der Waals surface area contributed by atoms with Crippen molar-refractivity contribution in [2.24, 2.45) is 0 Å². The van der Waals surface area contributed by atoms with Crippen molar-refractivity contribution in [1.29, 1.82) is 0 Å². The molecule has 25 heavy (non-hydrogen) atoms. The topological polar surface area (TPSA) is 41.9 Å². The normalized spacial score (nSPS) is 10.7. The van der Waals surface area contributed by atoms with E-state index >= 15 is 0 Å². The number of hydroxylamine groups is 1. The molecule has 7 heteroatoms. The smallest absolute Gasteiger partial charge is 0.288 e. The van der Waals surface area contributed by atoms with Gasteiger partial charge in [-0.2, -0.15) is 5.06 Å². The van der Waals surface area contributed by atoms with Crippen molar-refractivity contribution >= 4 is 23.1 Å². The fourth-order valence-electron chi connectivity index (χ4n) is 2.34. The largest absolute Gasteiger partial charge is 0.489 e. The standard InChI is InChI=1S/C18H19F2NO3S/c1-11-4-7-16(12(2)8-11)24-10-14-6-5-13(17(19)20)9-15(14)21(22)18(25)23-3/h4-9,17,22H,10H2,1-3H3. The van der Waals surface area contributed by atoms with E-state index in [4.69, 9.17) is 21.7 Å². The minimum absolute atomic E-state index is 0.0755. The van der Waals surface area contributed by atoms with Crippen LogP contribution in [0.15, 0.2) is 36.4 Å². The van der Waals surface area contributed by atoms with Gasteiger partial charge in [-0.25, -0.2) is 8.78 Å². The summed E-state index contributed by atoms with van der Waals surface area (Å²) in [5.74, 6) is 0.674. The van der Waals surface area contributed by atoms with Crippen LogP contribution in [0.25, 0.3) is 0 Å². The zero-order valence-electron chi connectivity index (χ0n) is 14.1. The monoisotopic (exact) mass is 367 g/mol. The Labute approximate surface area is 150 Å². The molecule has 0 fully saturated rings. The lowest BCUT2D eigenvalue weighted by molar-refractivity contribution is 0.151. The number of hydrogen-bond acceptors (Lipinski definition) is 4. The van der Waals surface area contributed by atoms with Crippen LogP contribution < -0.4 is 9.80 Å². The first kappa shape index (κ1) is 19.1. The second-order valence-corrected chi connectivity index (χ2v) is 5.88. The molecule has 0 atom stereocenters. The predicted molar refractivity (Wildman–Crippen MR) is 95.5 cm³/mol. The lowest BCUT2D eigenvalue weighted by atomic mass is 10.1. The van der Waals surface area contributed by atoms with Gasteiger partial charge in [-0.15, -0.1) is 0 Å². The number of alkyl halides is 2. The van der Waals surface area contributed by atoms with E-state index in [2.05, 4.69) is 0 Å². The molecule has 0 unspecified atom stereocenters. The van der Waals surface area contributed by atoms with E-state index in [0.29, 0.717) is 16.4 Å². The average molecular weight is 367 g/mol. The Bertz CT molecular complexity index is 768. The van der Waals surface area contributed by atoms with Crippen molar-refractivity contribution in [1.82, 2.24) is 0 Å². The van der Waals surface area contributed by atoms with Gasteiger partial charge in [0, 0.05) is 11.1 Å². The van der Waals surface area contributed by atoms with Crippen LogP contribution in [-0.2, 0) is 11.3 Å². The molecule has 2 rings (SSSR count). The van der Waals surface area contributed by atoms with Gasteiger partial charge in [-0.1, -0.05) is 29.8 Å². The number of nitrogens with zero attached hydrogens (tertiary/aromatic N) is 1. The van der Waals surface area contributed by atoms with Crippen LogP contribution in [0.1, 0.15) is 28.7 Å². The highest BCUT2D eigenvalue weighted by Gasteiger charge is 2.18. The first-order valence-electron chi connectivity index (χ1n) is 7.51. The third-order valence-electron chi connectivity index (χ3n) is 3.65. The van der Waals surface area contributed by atoms with Gasteiger partial charge in [0.15, 0.2) is 0 Å². The quantitative estimate of drug-likeness (QED) is 0.598. The molecular weight excluding hydrogens is 348 g/mol. The van der Waals surface area contributed by atoms with E-state index in [-0.39, 0.29) is 23.0 Å². The van der Waals surface area contributed by atoms with Gasteiger partial charge in [-0.05, 0) is 43.8 Å². The summed E-state index contributed by atoms with van der Waals surface area (Å²) in [6, 6.07) is 9.67. The van der Waals surface area contributed by atoms with E-state index in [1.165, 1.54) is 19.2 Å². The van der Waals surface area contributed by atoms with Gasteiger partial charge in [0.2, 0.25) is 0 Å². The van der Waals surface area contributed by atoms with E-state index < -0.39 is 6.43 Å². The first-order chi connectivity index (χ1) is 11.8. The maximum absolute atomic E-state index is 13.0. The lowest BCUT2D eigenvalue weighted by Gasteiger charge is -2.21. The van der Waals surface area contributed by atoms with Gasteiger partial charge in [0.1, 0.15) is 12.4 Å². The van der Waals surface area contributed by atoms with Crippen LogP contribution >= 0.6 is 12.2 Å². The number of thiocarbonyl (C=S) groups is 1. The number of hydrogen-bond donors (Lipinski definition) is 1. The number of halogens is 2. The summed E-state index contributed by atoms with van der Waals surface area (Å²) in [7, 11) is 1.29. The molecule has 0 aliphatic heterocycles. The van der Waals surface area contributed by atoms with E-state index in [1.807, 2.05) is 32.0 Å². The number of benzene rings is 2. The number of aryl methyl sites for hydroxylation is 2. The Morgan fingerprint density at radius 2 is 1.92 bits per heavy atom. The zero-order valence-corrected chi connectivity index (χ0v) is 14.9. The van der Waals surface area contributed by atoms with Crippen molar-refractivity contribution < 1.29 is 23.5 Å². The number of rotatable bonds is 5. The number of methoxy groups -OCH3 is 1. The second-order valence-electron chi connectivity index (χ2n) is 5.53. The fraction of sp³-hybridized carbons (Fsp3) is 0.278. The van der Waals surface area contributed by atoms with Gasteiger partial charge in [0.25, 0.3) is 11.6 Å². The summed E-state index contributed by atoms with van der Waals surface area (Å²) in [6.07, 6.45) is -2.67. The molecule has 0 saturated carbocycles. The van der Waals surface area contributed by atoms with Gasteiger partial charge >= 0.3 is 0 Å².